The molecule has 0 bridgehead atoms. The number of amides is 1. The van der Waals surface area contributed by atoms with Crippen LogP contribution in [-0.4, -0.2) is 91.4 Å². The highest BCUT2D eigenvalue weighted by molar-refractivity contribution is 7.86. The van der Waals surface area contributed by atoms with E-state index in [1.54, 1.807) is 11.0 Å². The summed E-state index contributed by atoms with van der Waals surface area (Å²) in [7, 11) is -0.394. The first-order valence-corrected chi connectivity index (χ1v) is 10.8. The lowest BCUT2D eigenvalue weighted by molar-refractivity contribution is -0.137. The second kappa shape index (κ2) is 8.26. The van der Waals surface area contributed by atoms with Gasteiger partial charge in [0.1, 0.15) is 0 Å². The number of piperazine rings is 1. The Hall–Kier alpha value is -1.49. The van der Waals surface area contributed by atoms with Crippen molar-refractivity contribution in [3.8, 4) is 0 Å². The lowest BCUT2D eigenvalue weighted by Gasteiger charge is -2.39. The van der Waals surface area contributed by atoms with Gasteiger partial charge in [-0.1, -0.05) is 11.6 Å². The molecule has 1 unspecified atom stereocenters. The van der Waals surface area contributed by atoms with Gasteiger partial charge in [-0.05, 0) is 25.0 Å². The molecule has 27 heavy (non-hydrogen) atoms. The Morgan fingerprint density at radius 2 is 1.85 bits per heavy atom. The van der Waals surface area contributed by atoms with E-state index in [0.717, 1.165) is 25.2 Å². The standard InChI is InChI=1S/C16H25ClN6O3S/c1-20(2)27(25,26)23-10-8-21(9-11-23)16(24)13-4-3-7-22(12-13)15-6-5-14(17)18-19-15/h5-6,13H,3-4,7-12H2,1-2H3. The average molecular weight is 417 g/mol. The monoisotopic (exact) mass is 416 g/mol. The molecule has 11 heteroatoms. The summed E-state index contributed by atoms with van der Waals surface area (Å²) in [6.07, 6.45) is 1.72. The number of carbonyl (C=O) groups excluding carboxylic acids is 1. The van der Waals surface area contributed by atoms with Crippen molar-refractivity contribution >= 4 is 33.5 Å². The van der Waals surface area contributed by atoms with E-state index in [0.29, 0.717) is 37.9 Å². The van der Waals surface area contributed by atoms with E-state index in [2.05, 4.69) is 15.1 Å². The zero-order chi connectivity index (χ0) is 19.6. The average Bonchev–Trinajstić information content (AvgIpc) is 2.68. The van der Waals surface area contributed by atoms with Crippen molar-refractivity contribution in [2.24, 2.45) is 5.92 Å². The fourth-order valence-electron chi connectivity index (χ4n) is 3.49. The molecule has 0 saturated carbocycles. The molecule has 0 radical (unpaired) electrons. The lowest BCUT2D eigenvalue weighted by atomic mass is 9.96. The lowest BCUT2D eigenvalue weighted by Crippen LogP contribution is -2.55. The summed E-state index contributed by atoms with van der Waals surface area (Å²) in [5.74, 6) is 0.690. The van der Waals surface area contributed by atoms with Crippen molar-refractivity contribution < 1.29 is 13.2 Å². The zero-order valence-electron chi connectivity index (χ0n) is 15.6. The van der Waals surface area contributed by atoms with Gasteiger partial charge in [0, 0.05) is 53.4 Å². The molecule has 0 aliphatic carbocycles. The van der Waals surface area contributed by atoms with Crippen molar-refractivity contribution in [1.82, 2.24) is 23.7 Å². The number of piperidine rings is 1. The minimum absolute atomic E-state index is 0.0866. The highest BCUT2D eigenvalue weighted by atomic mass is 35.5. The van der Waals surface area contributed by atoms with Gasteiger partial charge >= 0.3 is 0 Å². The molecule has 0 spiro atoms. The molecule has 150 valence electrons. The molecule has 0 aromatic carbocycles. The summed E-state index contributed by atoms with van der Waals surface area (Å²) < 4.78 is 27.0. The van der Waals surface area contributed by atoms with Gasteiger partial charge in [0.05, 0.1) is 5.92 Å². The van der Waals surface area contributed by atoms with Crippen LogP contribution in [0.2, 0.25) is 5.15 Å². The molecular formula is C16H25ClN6O3S. The van der Waals surface area contributed by atoms with E-state index in [1.807, 2.05) is 6.07 Å². The first kappa shape index (κ1) is 20.2. The van der Waals surface area contributed by atoms with Crippen molar-refractivity contribution in [1.29, 1.82) is 0 Å². The smallest absolute Gasteiger partial charge is 0.281 e. The predicted molar refractivity (Wildman–Crippen MR) is 103 cm³/mol. The number of hydrogen-bond acceptors (Lipinski definition) is 6. The van der Waals surface area contributed by atoms with Crippen LogP contribution in [0.1, 0.15) is 12.8 Å². The molecule has 2 saturated heterocycles. The SMILES string of the molecule is CN(C)S(=O)(=O)N1CCN(C(=O)C2CCCN(c3ccc(Cl)nn3)C2)CC1. The van der Waals surface area contributed by atoms with Crippen molar-refractivity contribution in [2.75, 3.05) is 58.3 Å². The summed E-state index contributed by atoms with van der Waals surface area (Å²) in [6, 6.07) is 3.51. The third kappa shape index (κ3) is 4.50. The largest absolute Gasteiger partial charge is 0.354 e. The van der Waals surface area contributed by atoms with Gasteiger partial charge in [0.2, 0.25) is 5.91 Å². The van der Waals surface area contributed by atoms with E-state index in [1.165, 1.54) is 22.7 Å². The maximum atomic E-state index is 12.9. The van der Waals surface area contributed by atoms with E-state index in [4.69, 9.17) is 11.6 Å². The maximum Gasteiger partial charge on any atom is 0.281 e. The highest BCUT2D eigenvalue weighted by Gasteiger charge is 2.34. The highest BCUT2D eigenvalue weighted by Crippen LogP contribution is 2.24. The van der Waals surface area contributed by atoms with Crippen LogP contribution in [0, 0.1) is 5.92 Å². The Labute approximate surface area is 165 Å². The van der Waals surface area contributed by atoms with Crippen molar-refractivity contribution in [2.45, 2.75) is 12.8 Å². The van der Waals surface area contributed by atoms with Gasteiger partial charge in [0.15, 0.2) is 11.0 Å². The minimum Gasteiger partial charge on any atom is -0.354 e. The van der Waals surface area contributed by atoms with Crippen LogP contribution in [0.25, 0.3) is 0 Å². The topological polar surface area (TPSA) is 90.0 Å². The summed E-state index contributed by atoms with van der Waals surface area (Å²) in [5, 5.41) is 8.32. The number of nitrogens with zero attached hydrogens (tertiary/aromatic N) is 6. The van der Waals surface area contributed by atoms with Crippen LogP contribution in [-0.2, 0) is 15.0 Å². The molecule has 1 aromatic rings. The molecule has 2 aliphatic rings. The van der Waals surface area contributed by atoms with Gasteiger partial charge in [-0.15, -0.1) is 10.2 Å². The van der Waals surface area contributed by atoms with Crippen LogP contribution < -0.4 is 4.90 Å². The molecule has 3 heterocycles. The van der Waals surface area contributed by atoms with Crippen LogP contribution in [0.3, 0.4) is 0 Å². The van der Waals surface area contributed by atoms with Gasteiger partial charge in [-0.25, -0.2) is 0 Å². The molecule has 9 nitrogen and oxygen atoms in total. The number of aromatic nitrogens is 2. The van der Waals surface area contributed by atoms with Gasteiger partial charge in [-0.2, -0.15) is 17.0 Å². The molecule has 1 aromatic heterocycles. The fourth-order valence-corrected chi connectivity index (χ4v) is 4.68. The van der Waals surface area contributed by atoms with Crippen LogP contribution in [0.4, 0.5) is 5.82 Å². The van der Waals surface area contributed by atoms with E-state index in [9.17, 15) is 13.2 Å². The zero-order valence-corrected chi connectivity index (χ0v) is 17.2. The predicted octanol–water partition coefficient (Wildman–Crippen LogP) is 0.297. The van der Waals surface area contributed by atoms with Crippen LogP contribution in [0.15, 0.2) is 12.1 Å². The molecule has 2 aliphatic heterocycles. The normalized spacial score (nSPS) is 22.3. The second-order valence-electron chi connectivity index (χ2n) is 7.01. The Morgan fingerprint density at radius 3 is 2.44 bits per heavy atom. The summed E-state index contributed by atoms with van der Waals surface area (Å²) in [4.78, 5) is 16.8. The molecule has 3 rings (SSSR count). The van der Waals surface area contributed by atoms with Gasteiger partial charge < -0.3 is 9.80 Å². The third-order valence-electron chi connectivity index (χ3n) is 5.05. The van der Waals surface area contributed by atoms with E-state index in [-0.39, 0.29) is 11.8 Å². The maximum absolute atomic E-state index is 12.9. The number of halogens is 1. The first-order valence-electron chi connectivity index (χ1n) is 8.99. The molecule has 0 N–H and O–H groups in total. The fraction of sp³-hybridized carbons (Fsp3) is 0.688. The molecule has 2 fully saturated rings. The Bertz CT molecular complexity index is 765. The third-order valence-corrected chi connectivity index (χ3v) is 7.19. The van der Waals surface area contributed by atoms with E-state index >= 15 is 0 Å². The number of rotatable bonds is 4. The van der Waals surface area contributed by atoms with Crippen molar-refractivity contribution in [3.63, 3.8) is 0 Å². The summed E-state index contributed by atoms with van der Waals surface area (Å²) >= 11 is 5.79. The van der Waals surface area contributed by atoms with E-state index < -0.39 is 10.2 Å². The molecular weight excluding hydrogens is 392 g/mol. The number of anilines is 1. The van der Waals surface area contributed by atoms with Crippen LogP contribution >= 0.6 is 11.6 Å². The number of carbonyl (C=O) groups is 1. The number of hydrogen-bond donors (Lipinski definition) is 0. The Kier molecular flexibility index (Phi) is 6.19. The summed E-state index contributed by atoms with van der Waals surface area (Å²) in [5.41, 5.74) is 0. The first-order chi connectivity index (χ1) is 12.8. The van der Waals surface area contributed by atoms with Crippen molar-refractivity contribution in [3.05, 3.63) is 17.3 Å². The second-order valence-corrected chi connectivity index (χ2v) is 9.54. The summed E-state index contributed by atoms with van der Waals surface area (Å²) in [6.45, 7) is 2.91. The molecule has 1 amide bonds. The minimum atomic E-state index is -3.43. The van der Waals surface area contributed by atoms with Gasteiger partial charge in [0.25, 0.3) is 10.2 Å². The van der Waals surface area contributed by atoms with Gasteiger partial charge in [-0.3, -0.25) is 4.79 Å². The Balaban J connectivity index is 1.59. The van der Waals surface area contributed by atoms with Crippen LogP contribution in [0.5, 0.6) is 0 Å². The Morgan fingerprint density at radius 1 is 1.15 bits per heavy atom. The molecule has 1 atom stereocenters. The quantitative estimate of drug-likeness (QED) is 0.701.